The third-order valence-corrected chi connectivity index (χ3v) is 13.8. The van der Waals surface area contributed by atoms with E-state index in [0.717, 1.165) is 21.6 Å². The Hall–Kier alpha value is -5.16. The minimum absolute atomic E-state index is 0.0142. The van der Waals surface area contributed by atoms with Crippen molar-refractivity contribution in [2.24, 2.45) is 9.98 Å². The summed E-state index contributed by atoms with van der Waals surface area (Å²) in [5.74, 6) is 2.04. The zero-order valence-electron chi connectivity index (χ0n) is 31.0. The van der Waals surface area contributed by atoms with Gasteiger partial charge in [-0.2, -0.15) is 0 Å². The normalized spacial score (nSPS) is 16.4. The third-order valence-electron chi connectivity index (χ3n) is 10.9. The highest BCUT2D eigenvalue weighted by atomic mass is 32.2. The van der Waals surface area contributed by atoms with Gasteiger partial charge < -0.3 is 0 Å². The van der Waals surface area contributed by atoms with E-state index in [1.165, 1.54) is 87.6 Å². The summed E-state index contributed by atoms with van der Waals surface area (Å²) in [5.41, 5.74) is 9.93. The molecule has 0 saturated heterocycles. The van der Waals surface area contributed by atoms with Crippen molar-refractivity contribution in [3.63, 3.8) is 0 Å². The molecule has 2 heterocycles. The quantitative estimate of drug-likeness (QED) is 0.165. The summed E-state index contributed by atoms with van der Waals surface area (Å²) in [6.07, 6.45) is 0. The molecule has 2 nitrogen and oxygen atoms in total. The average molecular weight is 733 g/mol. The van der Waals surface area contributed by atoms with Gasteiger partial charge in [0.05, 0.1) is 21.2 Å². The largest absolute Gasteiger partial charge is 0.271 e. The van der Waals surface area contributed by atoms with Gasteiger partial charge in [0.15, 0.2) is 0 Å². The summed E-state index contributed by atoms with van der Waals surface area (Å²) in [6, 6.07) is 54.2. The molecule has 0 aliphatic carbocycles. The van der Waals surface area contributed by atoms with Gasteiger partial charge in [0.1, 0.15) is 0 Å². The zero-order valence-corrected chi connectivity index (χ0v) is 32.6. The molecule has 0 aromatic heterocycles. The smallest absolute Gasteiger partial charge is 0.0984 e. The number of nitrogens with zero attached hydrogens (tertiary/aromatic N) is 2. The van der Waals surface area contributed by atoms with Crippen molar-refractivity contribution < 1.29 is 0 Å². The molecule has 0 saturated carbocycles. The van der Waals surface area contributed by atoms with Crippen LogP contribution in [0.2, 0.25) is 0 Å². The number of aliphatic imine (C=N–C) groups is 2. The summed E-state index contributed by atoms with van der Waals surface area (Å²) in [7, 11) is 0. The van der Waals surface area contributed by atoms with Crippen LogP contribution in [0, 0.1) is 0 Å². The van der Waals surface area contributed by atoms with Gasteiger partial charge in [-0.1, -0.05) is 146 Å². The van der Waals surface area contributed by atoms with Crippen LogP contribution in [0.1, 0.15) is 38.8 Å². The molecule has 0 fully saturated rings. The minimum atomic E-state index is -0.0142. The van der Waals surface area contributed by atoms with E-state index < -0.39 is 0 Å². The van der Waals surface area contributed by atoms with Gasteiger partial charge in [-0.05, 0) is 104 Å². The molecule has 2 aliphatic rings. The van der Waals surface area contributed by atoms with Crippen LogP contribution in [0.5, 0.6) is 0 Å². The molecular weight excluding hydrogens is 693 g/mol. The highest BCUT2D eigenvalue weighted by Gasteiger charge is 2.28. The molecule has 4 heteroatoms. The average Bonchev–Trinajstić information content (AvgIpc) is 3.76. The summed E-state index contributed by atoms with van der Waals surface area (Å²) < 4.78 is 0. The number of hydrogen-bond acceptors (Lipinski definition) is 4. The molecule has 0 bridgehead atoms. The second-order valence-corrected chi connectivity index (χ2v) is 17.8. The second-order valence-electron chi connectivity index (χ2n) is 15.9. The van der Waals surface area contributed by atoms with Gasteiger partial charge >= 0.3 is 0 Å². The molecular formula is C50H40N2S2. The van der Waals surface area contributed by atoms with E-state index in [1.807, 2.05) is 23.5 Å². The van der Waals surface area contributed by atoms with Crippen LogP contribution in [0.15, 0.2) is 156 Å². The maximum atomic E-state index is 5.01. The lowest BCUT2D eigenvalue weighted by atomic mass is 9.81. The number of benzene rings is 8. The van der Waals surface area contributed by atoms with E-state index in [9.17, 15) is 0 Å². The zero-order chi connectivity index (χ0) is 36.6. The van der Waals surface area contributed by atoms with Crippen LogP contribution in [0.4, 0.5) is 0 Å². The van der Waals surface area contributed by atoms with Crippen LogP contribution in [0.25, 0.3) is 76.5 Å². The molecule has 8 aromatic carbocycles. The first-order valence-electron chi connectivity index (χ1n) is 18.8. The topological polar surface area (TPSA) is 24.7 Å². The predicted molar refractivity (Wildman–Crippen MR) is 239 cm³/mol. The lowest BCUT2D eigenvalue weighted by molar-refractivity contribution is 0.605. The highest BCUT2D eigenvalue weighted by molar-refractivity contribution is 8.15. The number of fused-ring (bicyclic) bond motifs is 4. The lowest BCUT2D eigenvalue weighted by Gasteiger charge is -2.22. The first-order valence-corrected chi connectivity index (χ1v) is 20.8. The van der Waals surface area contributed by atoms with Gasteiger partial charge in [0.25, 0.3) is 0 Å². The van der Waals surface area contributed by atoms with E-state index >= 15 is 0 Å². The Kier molecular flexibility index (Phi) is 7.87. The first-order chi connectivity index (χ1) is 26.2. The van der Waals surface area contributed by atoms with Gasteiger partial charge in [-0.3, -0.25) is 9.98 Å². The fourth-order valence-corrected chi connectivity index (χ4v) is 10.8. The number of hydrogen-bond donors (Lipinski definition) is 0. The molecule has 0 radical (unpaired) electrons. The van der Waals surface area contributed by atoms with Crippen LogP contribution in [-0.2, 0) is 0 Å². The SMILES string of the molecule is CC1(C)CSC(c2ccc(-c3c4ccccc4c(-c4c5ccccc5c(-c5ccc(C6=NC(C)(C)CS6)cc5)c5ccccc45)c4ccccc34)cc2)=N1. The van der Waals surface area contributed by atoms with E-state index in [0.29, 0.717) is 0 Å². The molecule has 10 rings (SSSR count). The van der Waals surface area contributed by atoms with E-state index in [4.69, 9.17) is 9.98 Å². The van der Waals surface area contributed by atoms with Gasteiger partial charge in [0.2, 0.25) is 0 Å². The Labute approximate surface area is 325 Å². The fraction of sp³-hybridized carbons (Fsp3) is 0.160. The first kappa shape index (κ1) is 33.4. The highest BCUT2D eigenvalue weighted by Crippen LogP contribution is 2.50. The Bertz CT molecular complexity index is 2550. The molecule has 54 heavy (non-hydrogen) atoms. The number of thioether (sulfide) groups is 2. The van der Waals surface area contributed by atoms with Crippen molar-refractivity contribution in [3.8, 4) is 33.4 Å². The van der Waals surface area contributed by atoms with Crippen molar-refractivity contribution >= 4 is 76.7 Å². The van der Waals surface area contributed by atoms with Gasteiger partial charge in [-0.25, -0.2) is 0 Å². The summed E-state index contributed by atoms with van der Waals surface area (Å²) in [5, 5.41) is 12.4. The predicted octanol–water partition coefficient (Wildman–Crippen LogP) is 13.8. The van der Waals surface area contributed by atoms with E-state index in [2.05, 4.69) is 173 Å². The molecule has 0 spiro atoms. The maximum absolute atomic E-state index is 5.01. The van der Waals surface area contributed by atoms with Gasteiger partial charge in [0, 0.05) is 22.6 Å². The number of rotatable bonds is 5. The monoisotopic (exact) mass is 732 g/mol. The fourth-order valence-electron chi connectivity index (χ4n) is 8.44. The Balaban J connectivity index is 1.21. The van der Waals surface area contributed by atoms with Crippen LogP contribution < -0.4 is 0 Å². The summed E-state index contributed by atoms with van der Waals surface area (Å²) in [6.45, 7) is 8.85. The van der Waals surface area contributed by atoms with Gasteiger partial charge in [-0.15, -0.1) is 23.5 Å². The Morgan fingerprint density at radius 2 is 0.574 bits per heavy atom. The summed E-state index contributed by atoms with van der Waals surface area (Å²) >= 11 is 3.72. The van der Waals surface area contributed by atoms with Crippen LogP contribution in [-0.4, -0.2) is 32.7 Å². The lowest BCUT2D eigenvalue weighted by Crippen LogP contribution is -2.15. The maximum Gasteiger partial charge on any atom is 0.0984 e. The Morgan fingerprint density at radius 3 is 0.815 bits per heavy atom. The standard InChI is InChI=1S/C50H40N2S2/c1-49(2)29-53-47(51-49)33-25-21-31(22-26-33)43-35-13-5-9-17-39(35)45(40-18-10-6-14-36(40)43)46-41-19-11-7-15-37(41)44(38-16-8-12-20-42(38)46)32-23-27-34(28-24-32)48-52-50(3,4)30-54-48/h5-28H,29-30H2,1-4H3. The van der Waals surface area contributed by atoms with E-state index in [1.54, 1.807) is 0 Å². The van der Waals surface area contributed by atoms with Crippen molar-refractivity contribution in [2.75, 3.05) is 11.5 Å². The molecule has 2 aliphatic heterocycles. The van der Waals surface area contributed by atoms with Crippen molar-refractivity contribution in [2.45, 2.75) is 38.8 Å². The molecule has 8 aromatic rings. The summed E-state index contributed by atoms with van der Waals surface area (Å²) in [4.78, 5) is 10.0. The third kappa shape index (κ3) is 5.58. The van der Waals surface area contributed by atoms with E-state index in [-0.39, 0.29) is 11.1 Å². The molecule has 0 N–H and O–H groups in total. The molecule has 0 amide bonds. The van der Waals surface area contributed by atoms with Crippen LogP contribution in [0.3, 0.4) is 0 Å². The Morgan fingerprint density at radius 1 is 0.333 bits per heavy atom. The van der Waals surface area contributed by atoms with Crippen LogP contribution >= 0.6 is 23.5 Å². The minimum Gasteiger partial charge on any atom is -0.271 e. The van der Waals surface area contributed by atoms with Crippen molar-refractivity contribution in [1.29, 1.82) is 0 Å². The second kappa shape index (κ2) is 12.7. The molecule has 0 unspecified atom stereocenters. The molecule has 0 atom stereocenters. The van der Waals surface area contributed by atoms with Crippen molar-refractivity contribution in [1.82, 2.24) is 0 Å². The molecule has 262 valence electrons. The van der Waals surface area contributed by atoms with Crippen molar-refractivity contribution in [3.05, 3.63) is 157 Å².